The monoisotopic (exact) mass is 266 g/mol. The highest BCUT2D eigenvalue weighted by Crippen LogP contribution is 2.43. The maximum Gasteiger partial charge on any atom is 0.273 e. The summed E-state index contributed by atoms with van der Waals surface area (Å²) in [6, 6.07) is 1.53. The summed E-state index contributed by atoms with van der Waals surface area (Å²) in [7, 11) is 0. The summed E-state index contributed by atoms with van der Waals surface area (Å²) >= 11 is 0. The highest BCUT2D eigenvalue weighted by molar-refractivity contribution is 5.92. The van der Waals surface area contributed by atoms with Crippen LogP contribution in [0.3, 0.4) is 0 Å². The second-order valence-electron chi connectivity index (χ2n) is 6.63. The van der Waals surface area contributed by atoms with Crippen molar-refractivity contribution in [1.29, 1.82) is 0 Å². The molecule has 1 aliphatic rings. The summed E-state index contributed by atoms with van der Waals surface area (Å²) in [4.78, 5) is 12.1. The average molecular weight is 266 g/mol. The predicted molar refractivity (Wildman–Crippen MR) is 70.6 cm³/mol. The van der Waals surface area contributed by atoms with Crippen molar-refractivity contribution in [3.05, 3.63) is 18.0 Å². The molecule has 2 unspecified atom stereocenters. The molecule has 2 N–H and O–H groups in total. The Morgan fingerprint density at radius 3 is 2.84 bits per heavy atom. The van der Waals surface area contributed by atoms with Crippen molar-refractivity contribution in [2.24, 2.45) is 11.3 Å². The summed E-state index contributed by atoms with van der Waals surface area (Å²) < 4.78 is 4.68. The van der Waals surface area contributed by atoms with Crippen LogP contribution in [0.1, 0.15) is 50.5 Å². The van der Waals surface area contributed by atoms with E-state index in [-0.39, 0.29) is 23.6 Å². The van der Waals surface area contributed by atoms with Gasteiger partial charge < -0.3 is 14.9 Å². The normalized spacial score (nSPS) is 30.0. The second-order valence-corrected chi connectivity index (χ2v) is 6.63. The molecule has 2 rings (SSSR count). The molecule has 0 aromatic carbocycles. The minimum absolute atomic E-state index is 0.0512. The van der Waals surface area contributed by atoms with Gasteiger partial charge >= 0.3 is 0 Å². The number of aliphatic hydroxyl groups is 1. The molecule has 0 bridgehead atoms. The molecule has 1 heterocycles. The number of aliphatic hydroxyl groups excluding tert-OH is 1. The fraction of sp³-hybridized carbons (Fsp3) is 0.714. The molecule has 0 aliphatic heterocycles. The van der Waals surface area contributed by atoms with E-state index in [4.69, 9.17) is 0 Å². The molecule has 2 atom stereocenters. The summed E-state index contributed by atoms with van der Waals surface area (Å²) in [5, 5.41) is 16.4. The zero-order valence-electron chi connectivity index (χ0n) is 11.8. The van der Waals surface area contributed by atoms with Gasteiger partial charge in [-0.1, -0.05) is 25.9 Å². The Bertz CT molecular complexity index is 442. The fourth-order valence-corrected chi connectivity index (χ4v) is 3.63. The van der Waals surface area contributed by atoms with Gasteiger partial charge in [0.1, 0.15) is 6.26 Å². The van der Waals surface area contributed by atoms with Crippen LogP contribution in [0.4, 0.5) is 0 Å². The Kier molecular flexibility index (Phi) is 3.67. The van der Waals surface area contributed by atoms with Crippen molar-refractivity contribution >= 4 is 5.91 Å². The lowest BCUT2D eigenvalue weighted by molar-refractivity contribution is 0.0331. The van der Waals surface area contributed by atoms with Gasteiger partial charge in [0, 0.05) is 6.07 Å². The number of nitrogens with zero attached hydrogens (tertiary/aromatic N) is 1. The Morgan fingerprint density at radius 1 is 1.58 bits per heavy atom. The van der Waals surface area contributed by atoms with Gasteiger partial charge in [0.05, 0.1) is 12.1 Å². The molecule has 1 aliphatic carbocycles. The van der Waals surface area contributed by atoms with Gasteiger partial charge in [-0.15, -0.1) is 0 Å². The molecule has 0 spiro atoms. The molecule has 5 nitrogen and oxygen atoms in total. The van der Waals surface area contributed by atoms with Gasteiger partial charge in [0.25, 0.3) is 5.91 Å². The molecular weight excluding hydrogens is 244 g/mol. The van der Waals surface area contributed by atoms with Crippen LogP contribution in [-0.4, -0.2) is 28.3 Å². The number of nitrogens with one attached hydrogen (secondary N) is 1. The van der Waals surface area contributed by atoms with Gasteiger partial charge in [-0.3, -0.25) is 4.79 Å². The standard InChI is InChI=1S/C14H22N2O3/c1-10-6-13(2,3)8-14(7-10,9-17)15-12(18)11-4-5-19-16-11/h4-5,10,17H,6-9H2,1-3H3,(H,15,18). The first-order valence-electron chi connectivity index (χ1n) is 6.70. The average Bonchev–Trinajstić information content (AvgIpc) is 2.79. The van der Waals surface area contributed by atoms with Gasteiger partial charge in [-0.25, -0.2) is 0 Å². The Balaban J connectivity index is 2.16. The van der Waals surface area contributed by atoms with Gasteiger partial charge in [-0.2, -0.15) is 0 Å². The Labute approximate surface area is 113 Å². The Hall–Kier alpha value is -1.36. The number of amides is 1. The van der Waals surface area contributed by atoms with Crippen LogP contribution < -0.4 is 5.32 Å². The van der Waals surface area contributed by atoms with Crippen molar-refractivity contribution in [2.75, 3.05) is 6.61 Å². The summed E-state index contributed by atoms with van der Waals surface area (Å²) in [5.74, 6) is 0.182. The first-order chi connectivity index (χ1) is 8.86. The quantitative estimate of drug-likeness (QED) is 0.877. The number of rotatable bonds is 3. The minimum Gasteiger partial charge on any atom is -0.394 e. The van der Waals surface area contributed by atoms with Crippen molar-refractivity contribution in [1.82, 2.24) is 10.5 Å². The number of hydrogen-bond donors (Lipinski definition) is 2. The van der Waals surface area contributed by atoms with Gasteiger partial charge in [-0.05, 0) is 30.6 Å². The van der Waals surface area contributed by atoms with Crippen molar-refractivity contribution < 1.29 is 14.4 Å². The van der Waals surface area contributed by atoms with Gasteiger partial charge in [0.2, 0.25) is 0 Å². The van der Waals surface area contributed by atoms with Crippen LogP contribution in [0.15, 0.2) is 16.9 Å². The molecule has 1 amide bonds. The molecule has 1 saturated carbocycles. The zero-order chi connectivity index (χ0) is 14.1. The first-order valence-corrected chi connectivity index (χ1v) is 6.70. The lowest BCUT2D eigenvalue weighted by Gasteiger charge is -2.47. The van der Waals surface area contributed by atoms with E-state index >= 15 is 0 Å². The van der Waals surface area contributed by atoms with E-state index in [0.717, 1.165) is 19.3 Å². The van der Waals surface area contributed by atoms with Crippen LogP contribution in [-0.2, 0) is 0 Å². The maximum absolute atomic E-state index is 12.1. The van der Waals surface area contributed by atoms with E-state index in [1.165, 1.54) is 12.3 Å². The van der Waals surface area contributed by atoms with Crippen LogP contribution in [0.5, 0.6) is 0 Å². The lowest BCUT2D eigenvalue weighted by atomic mass is 9.64. The third-order valence-corrected chi connectivity index (χ3v) is 3.81. The lowest BCUT2D eigenvalue weighted by Crippen LogP contribution is -2.57. The second kappa shape index (κ2) is 4.96. The molecule has 0 radical (unpaired) electrons. The molecule has 19 heavy (non-hydrogen) atoms. The molecule has 5 heteroatoms. The molecule has 1 aromatic rings. The third kappa shape index (κ3) is 3.15. The molecule has 1 aromatic heterocycles. The highest BCUT2D eigenvalue weighted by Gasteiger charge is 2.43. The van der Waals surface area contributed by atoms with Crippen LogP contribution >= 0.6 is 0 Å². The number of aromatic nitrogens is 1. The van der Waals surface area contributed by atoms with E-state index in [2.05, 4.69) is 35.8 Å². The predicted octanol–water partition coefficient (Wildman–Crippen LogP) is 1.98. The number of hydrogen-bond acceptors (Lipinski definition) is 4. The smallest absolute Gasteiger partial charge is 0.273 e. The maximum atomic E-state index is 12.1. The van der Waals surface area contributed by atoms with Crippen molar-refractivity contribution in [2.45, 2.75) is 45.6 Å². The third-order valence-electron chi connectivity index (χ3n) is 3.81. The molecule has 0 saturated heterocycles. The fourth-order valence-electron chi connectivity index (χ4n) is 3.63. The van der Waals surface area contributed by atoms with E-state index in [1.54, 1.807) is 0 Å². The zero-order valence-corrected chi connectivity index (χ0v) is 11.8. The topological polar surface area (TPSA) is 75.4 Å². The van der Waals surface area contributed by atoms with Crippen LogP contribution in [0.2, 0.25) is 0 Å². The molecular formula is C14H22N2O3. The van der Waals surface area contributed by atoms with Crippen LogP contribution in [0, 0.1) is 11.3 Å². The highest BCUT2D eigenvalue weighted by atomic mass is 16.5. The molecule has 106 valence electrons. The van der Waals surface area contributed by atoms with Gasteiger partial charge in [0.15, 0.2) is 5.69 Å². The molecule has 1 fully saturated rings. The van der Waals surface area contributed by atoms with E-state index in [1.807, 2.05) is 0 Å². The van der Waals surface area contributed by atoms with E-state index < -0.39 is 5.54 Å². The summed E-state index contributed by atoms with van der Waals surface area (Å²) in [6.45, 7) is 6.46. The van der Waals surface area contributed by atoms with E-state index in [9.17, 15) is 9.90 Å². The Morgan fingerprint density at radius 2 is 2.32 bits per heavy atom. The van der Waals surface area contributed by atoms with Crippen LogP contribution in [0.25, 0.3) is 0 Å². The number of carbonyl (C=O) groups is 1. The SMILES string of the molecule is CC1CC(C)(C)CC(CO)(NC(=O)c2ccon2)C1. The minimum atomic E-state index is -0.558. The largest absolute Gasteiger partial charge is 0.394 e. The van der Waals surface area contributed by atoms with Crippen molar-refractivity contribution in [3.8, 4) is 0 Å². The number of carbonyl (C=O) groups excluding carboxylic acids is 1. The van der Waals surface area contributed by atoms with Crippen molar-refractivity contribution in [3.63, 3.8) is 0 Å². The summed E-state index contributed by atoms with van der Waals surface area (Å²) in [5.41, 5.74) is -0.196. The van der Waals surface area contributed by atoms with E-state index in [0.29, 0.717) is 5.92 Å². The first kappa shape index (κ1) is 14.1. The summed E-state index contributed by atoms with van der Waals surface area (Å²) in [6.07, 6.45) is 4.03.